The molecule has 0 saturated heterocycles. The lowest BCUT2D eigenvalue weighted by molar-refractivity contribution is 0.120. The molecule has 1 aliphatic carbocycles. The first-order chi connectivity index (χ1) is 7.66. The van der Waals surface area contributed by atoms with Crippen molar-refractivity contribution in [1.29, 1.82) is 0 Å². The van der Waals surface area contributed by atoms with Gasteiger partial charge in [-0.25, -0.2) is 0 Å². The number of rotatable bonds is 4. The summed E-state index contributed by atoms with van der Waals surface area (Å²) in [4.78, 5) is 2.47. The summed E-state index contributed by atoms with van der Waals surface area (Å²) < 4.78 is 0. The molecule has 1 saturated carbocycles. The number of nitrogens with two attached hydrogens (primary N) is 1. The average molecular weight is 238 g/mol. The monoisotopic (exact) mass is 238 g/mol. The third-order valence-corrected chi connectivity index (χ3v) is 4.75. The summed E-state index contributed by atoms with van der Waals surface area (Å²) in [5.41, 5.74) is 7.69. The molecule has 0 spiro atoms. The molecule has 0 aromatic carbocycles. The van der Waals surface area contributed by atoms with E-state index in [1.54, 1.807) is 11.3 Å². The van der Waals surface area contributed by atoms with Gasteiger partial charge in [-0.3, -0.25) is 4.90 Å². The van der Waals surface area contributed by atoms with Gasteiger partial charge in [0.15, 0.2) is 0 Å². The molecule has 0 radical (unpaired) electrons. The molecular formula is C13H22N2S. The average Bonchev–Trinajstić information content (AvgIpc) is 2.88. The molecule has 1 fully saturated rings. The third-order valence-electron chi connectivity index (χ3n) is 4.02. The van der Waals surface area contributed by atoms with Gasteiger partial charge in [-0.1, -0.05) is 6.92 Å². The van der Waals surface area contributed by atoms with Gasteiger partial charge in [-0.2, -0.15) is 11.3 Å². The van der Waals surface area contributed by atoms with Crippen LogP contribution in [0.3, 0.4) is 0 Å². The molecule has 0 aliphatic heterocycles. The molecule has 1 aromatic rings. The molecule has 0 bridgehead atoms. The van der Waals surface area contributed by atoms with E-state index < -0.39 is 0 Å². The van der Waals surface area contributed by atoms with E-state index in [9.17, 15) is 0 Å². The van der Waals surface area contributed by atoms with Crippen molar-refractivity contribution < 1.29 is 0 Å². The zero-order valence-electron chi connectivity index (χ0n) is 10.3. The molecule has 90 valence electrons. The van der Waals surface area contributed by atoms with E-state index in [4.69, 9.17) is 5.73 Å². The first kappa shape index (κ1) is 12.1. The summed E-state index contributed by atoms with van der Waals surface area (Å²) in [6, 6.07) is 2.21. The van der Waals surface area contributed by atoms with Gasteiger partial charge >= 0.3 is 0 Å². The minimum Gasteiger partial charge on any atom is -0.329 e. The van der Waals surface area contributed by atoms with E-state index in [1.807, 2.05) is 0 Å². The van der Waals surface area contributed by atoms with Gasteiger partial charge in [0.05, 0.1) is 0 Å². The smallest absolute Gasteiger partial charge is 0.0334 e. The molecular weight excluding hydrogens is 216 g/mol. The van der Waals surface area contributed by atoms with Crippen LogP contribution in [0.5, 0.6) is 0 Å². The quantitative estimate of drug-likeness (QED) is 0.874. The second-order valence-corrected chi connectivity index (χ2v) is 6.04. The molecule has 2 N–H and O–H groups in total. The number of likely N-dealkylation sites (N-methyl/N-ethyl adjacent to an activating group) is 1. The maximum absolute atomic E-state index is 6.02. The van der Waals surface area contributed by atoms with Gasteiger partial charge in [-0.15, -0.1) is 0 Å². The van der Waals surface area contributed by atoms with E-state index in [0.29, 0.717) is 0 Å². The Morgan fingerprint density at radius 1 is 1.62 bits per heavy atom. The fourth-order valence-corrected chi connectivity index (χ4v) is 3.54. The summed E-state index contributed by atoms with van der Waals surface area (Å²) in [5, 5.41) is 4.38. The van der Waals surface area contributed by atoms with Gasteiger partial charge in [0.1, 0.15) is 0 Å². The topological polar surface area (TPSA) is 29.3 Å². The largest absolute Gasteiger partial charge is 0.329 e. The van der Waals surface area contributed by atoms with Crippen LogP contribution in [0.25, 0.3) is 0 Å². The maximum Gasteiger partial charge on any atom is 0.0334 e. The summed E-state index contributed by atoms with van der Waals surface area (Å²) >= 11 is 1.77. The number of nitrogens with zero attached hydrogens (tertiary/aromatic N) is 1. The Bertz CT molecular complexity index is 323. The van der Waals surface area contributed by atoms with Crippen LogP contribution in [0.1, 0.15) is 31.7 Å². The Morgan fingerprint density at radius 2 is 2.44 bits per heavy atom. The molecule has 0 amide bonds. The summed E-state index contributed by atoms with van der Waals surface area (Å²) in [7, 11) is 2.22. The zero-order chi connectivity index (χ0) is 11.6. The lowest BCUT2D eigenvalue weighted by atomic mass is 9.94. The lowest BCUT2D eigenvalue weighted by Gasteiger charge is -2.38. The van der Waals surface area contributed by atoms with Gasteiger partial charge in [0.25, 0.3) is 0 Å². The summed E-state index contributed by atoms with van der Waals surface area (Å²) in [5.74, 6) is 0.827. The van der Waals surface area contributed by atoms with Gasteiger partial charge < -0.3 is 5.73 Å². The molecule has 3 heteroatoms. The van der Waals surface area contributed by atoms with E-state index in [-0.39, 0.29) is 5.54 Å². The molecule has 2 nitrogen and oxygen atoms in total. The predicted octanol–water partition coefficient (Wildman–Crippen LogP) is 2.70. The Labute approximate surface area is 102 Å². The van der Waals surface area contributed by atoms with Crippen LogP contribution in [-0.4, -0.2) is 24.0 Å². The van der Waals surface area contributed by atoms with Crippen molar-refractivity contribution in [3.05, 3.63) is 22.4 Å². The minimum atomic E-state index is 0.251. The van der Waals surface area contributed by atoms with Crippen molar-refractivity contribution in [1.82, 2.24) is 4.90 Å². The standard InChI is InChI=1S/C13H22N2S/c1-11-3-5-13(7-11,10-14)15(2)8-12-4-6-16-9-12/h4,6,9,11H,3,5,7-8,10,14H2,1-2H3. The summed E-state index contributed by atoms with van der Waals surface area (Å²) in [6.45, 7) is 4.17. The second-order valence-electron chi connectivity index (χ2n) is 5.26. The van der Waals surface area contributed by atoms with E-state index in [0.717, 1.165) is 19.0 Å². The van der Waals surface area contributed by atoms with Crippen LogP contribution >= 0.6 is 11.3 Å². The minimum absolute atomic E-state index is 0.251. The maximum atomic E-state index is 6.02. The number of hydrogen-bond acceptors (Lipinski definition) is 3. The van der Waals surface area contributed by atoms with Crippen molar-refractivity contribution in [2.24, 2.45) is 11.7 Å². The highest BCUT2D eigenvalue weighted by Gasteiger charge is 2.39. The second kappa shape index (κ2) is 4.86. The fourth-order valence-electron chi connectivity index (χ4n) is 2.88. The zero-order valence-corrected chi connectivity index (χ0v) is 11.1. The Kier molecular flexibility index (Phi) is 3.67. The SMILES string of the molecule is CC1CCC(CN)(N(C)Cc2ccsc2)C1. The highest BCUT2D eigenvalue weighted by atomic mass is 32.1. The van der Waals surface area contributed by atoms with Crippen LogP contribution < -0.4 is 5.73 Å². The molecule has 1 heterocycles. The van der Waals surface area contributed by atoms with E-state index in [1.165, 1.54) is 24.8 Å². The van der Waals surface area contributed by atoms with Gasteiger partial charge in [0.2, 0.25) is 0 Å². The predicted molar refractivity (Wildman–Crippen MR) is 70.6 cm³/mol. The Balaban J connectivity index is 2.04. The highest BCUT2D eigenvalue weighted by molar-refractivity contribution is 7.07. The molecule has 1 aliphatic rings. The molecule has 2 rings (SSSR count). The van der Waals surface area contributed by atoms with Crippen molar-refractivity contribution >= 4 is 11.3 Å². The molecule has 1 aromatic heterocycles. The molecule has 2 unspecified atom stereocenters. The van der Waals surface area contributed by atoms with Crippen LogP contribution in [0.2, 0.25) is 0 Å². The van der Waals surface area contributed by atoms with Crippen LogP contribution in [0.15, 0.2) is 16.8 Å². The number of hydrogen-bond donors (Lipinski definition) is 1. The first-order valence-corrected chi connectivity index (χ1v) is 7.03. The van der Waals surface area contributed by atoms with E-state index >= 15 is 0 Å². The summed E-state index contributed by atoms with van der Waals surface area (Å²) in [6.07, 6.45) is 3.83. The van der Waals surface area contributed by atoms with Crippen molar-refractivity contribution in [3.8, 4) is 0 Å². The van der Waals surface area contributed by atoms with Gasteiger partial charge in [-0.05, 0) is 54.6 Å². The first-order valence-electron chi connectivity index (χ1n) is 6.09. The van der Waals surface area contributed by atoms with Crippen LogP contribution in [0, 0.1) is 5.92 Å². The fraction of sp³-hybridized carbons (Fsp3) is 0.692. The lowest BCUT2D eigenvalue weighted by Crippen LogP contribution is -2.49. The normalized spacial score (nSPS) is 30.1. The number of thiophene rings is 1. The Hall–Kier alpha value is -0.380. The van der Waals surface area contributed by atoms with Crippen LogP contribution in [0.4, 0.5) is 0 Å². The Morgan fingerprint density at radius 3 is 2.94 bits per heavy atom. The third kappa shape index (κ3) is 2.31. The molecule has 2 atom stereocenters. The van der Waals surface area contributed by atoms with E-state index in [2.05, 4.69) is 35.7 Å². The van der Waals surface area contributed by atoms with Crippen molar-refractivity contribution in [2.45, 2.75) is 38.3 Å². The van der Waals surface area contributed by atoms with Crippen molar-refractivity contribution in [2.75, 3.05) is 13.6 Å². The van der Waals surface area contributed by atoms with Gasteiger partial charge in [0, 0.05) is 18.6 Å². The highest BCUT2D eigenvalue weighted by Crippen LogP contribution is 2.38. The van der Waals surface area contributed by atoms with Crippen molar-refractivity contribution in [3.63, 3.8) is 0 Å². The van der Waals surface area contributed by atoms with Crippen LogP contribution in [-0.2, 0) is 6.54 Å². The molecule has 16 heavy (non-hydrogen) atoms.